The molecule has 0 amide bonds. The second kappa shape index (κ2) is 5.74. The van der Waals surface area contributed by atoms with Crippen LogP contribution in [0.2, 0.25) is 0 Å². The molecule has 0 aromatic carbocycles. The summed E-state index contributed by atoms with van der Waals surface area (Å²) in [6.45, 7) is 0.404. The lowest BCUT2D eigenvalue weighted by Crippen LogP contribution is -2.20. The van der Waals surface area contributed by atoms with Crippen molar-refractivity contribution in [2.75, 3.05) is 14.1 Å². The normalized spacial score (nSPS) is 12.8. The second-order valence-corrected chi connectivity index (χ2v) is 6.16. The first kappa shape index (κ1) is 14.1. The van der Waals surface area contributed by atoms with E-state index in [1.165, 1.54) is 28.7 Å². The van der Waals surface area contributed by atoms with Gasteiger partial charge >= 0.3 is 5.00 Å². The molecule has 6 nitrogen and oxygen atoms in total. The number of rotatable bonds is 5. The maximum atomic E-state index is 10.8. The molecule has 2 aromatic heterocycles. The smallest absolute Gasteiger partial charge is 0.324 e. The number of aromatic nitrogens is 1. The van der Waals surface area contributed by atoms with E-state index in [1.807, 2.05) is 24.4 Å². The molecular weight excluding hydrogens is 284 g/mol. The Morgan fingerprint density at radius 2 is 2.26 bits per heavy atom. The fourth-order valence-corrected chi connectivity index (χ4v) is 3.87. The van der Waals surface area contributed by atoms with Crippen LogP contribution in [0.1, 0.15) is 21.6 Å². The molecule has 0 radical (unpaired) electrons. The van der Waals surface area contributed by atoms with Gasteiger partial charge in [-0.15, -0.1) is 11.3 Å². The highest BCUT2D eigenvalue weighted by atomic mass is 32.1. The summed E-state index contributed by atoms with van der Waals surface area (Å²) in [6.07, 6.45) is 0. The van der Waals surface area contributed by atoms with Gasteiger partial charge in [0.1, 0.15) is 5.01 Å². The summed E-state index contributed by atoms with van der Waals surface area (Å²) >= 11 is 2.71. The van der Waals surface area contributed by atoms with Crippen LogP contribution in [-0.4, -0.2) is 28.9 Å². The molecule has 0 aliphatic carbocycles. The molecule has 0 saturated heterocycles. The van der Waals surface area contributed by atoms with Crippen molar-refractivity contribution >= 4 is 27.7 Å². The Kier molecular flexibility index (Phi) is 4.25. The van der Waals surface area contributed by atoms with Gasteiger partial charge in [-0.25, -0.2) is 4.98 Å². The van der Waals surface area contributed by atoms with Gasteiger partial charge < -0.3 is 5.73 Å². The van der Waals surface area contributed by atoms with Crippen LogP contribution in [0.4, 0.5) is 5.00 Å². The van der Waals surface area contributed by atoms with Crippen molar-refractivity contribution in [2.45, 2.75) is 12.6 Å². The quantitative estimate of drug-likeness (QED) is 0.675. The minimum atomic E-state index is -0.367. The summed E-state index contributed by atoms with van der Waals surface area (Å²) in [5, 5.41) is 13.7. The topological polar surface area (TPSA) is 85.3 Å². The largest absolute Gasteiger partial charge is 0.325 e. The molecule has 0 aliphatic rings. The summed E-state index contributed by atoms with van der Waals surface area (Å²) in [6, 6.07) is 3.26. The second-order valence-electron chi connectivity index (χ2n) is 4.18. The van der Waals surface area contributed by atoms with Gasteiger partial charge in [0.25, 0.3) is 0 Å². The Hall–Kier alpha value is -1.35. The maximum absolute atomic E-state index is 10.8. The van der Waals surface area contributed by atoms with Crippen LogP contribution < -0.4 is 5.73 Å². The average Bonchev–Trinajstić information content (AvgIpc) is 2.98. The zero-order chi connectivity index (χ0) is 14.0. The Morgan fingerprint density at radius 1 is 1.53 bits per heavy atom. The van der Waals surface area contributed by atoms with E-state index in [0.717, 1.165) is 15.6 Å². The predicted octanol–water partition coefficient (Wildman–Crippen LogP) is 2.22. The Bertz CT molecular complexity index is 579. The van der Waals surface area contributed by atoms with Crippen LogP contribution in [0.25, 0.3) is 0 Å². The summed E-state index contributed by atoms with van der Waals surface area (Å²) in [5.74, 6) is 0. The number of nitrogens with two attached hydrogens (primary N) is 1. The fourth-order valence-electron chi connectivity index (χ4n) is 1.73. The number of thiophene rings is 1. The molecule has 0 bridgehead atoms. The monoisotopic (exact) mass is 298 g/mol. The van der Waals surface area contributed by atoms with Gasteiger partial charge in [-0.1, -0.05) is 11.3 Å². The number of thiazole rings is 1. The van der Waals surface area contributed by atoms with Crippen LogP contribution in [0, 0.1) is 10.1 Å². The van der Waals surface area contributed by atoms with E-state index in [2.05, 4.69) is 4.98 Å². The van der Waals surface area contributed by atoms with Crippen LogP contribution in [0.15, 0.2) is 17.5 Å². The molecule has 0 saturated carbocycles. The Morgan fingerprint density at radius 3 is 2.74 bits per heavy atom. The van der Waals surface area contributed by atoms with Gasteiger partial charge in [-0.3, -0.25) is 15.0 Å². The maximum Gasteiger partial charge on any atom is 0.324 e. The SMILES string of the molecule is CN(C)C(c1ccc([N+](=O)[O-])s1)c1nc(CN)cs1. The third-order valence-corrected chi connectivity index (χ3v) is 4.63. The lowest BCUT2D eigenvalue weighted by molar-refractivity contribution is -0.380. The van der Waals surface area contributed by atoms with Crippen molar-refractivity contribution in [1.29, 1.82) is 0 Å². The van der Waals surface area contributed by atoms with Crippen molar-refractivity contribution in [2.24, 2.45) is 5.73 Å². The van der Waals surface area contributed by atoms with Crippen molar-refractivity contribution < 1.29 is 4.92 Å². The number of nitrogens with zero attached hydrogens (tertiary/aromatic N) is 3. The van der Waals surface area contributed by atoms with Gasteiger partial charge in [-0.2, -0.15) is 0 Å². The highest BCUT2D eigenvalue weighted by Crippen LogP contribution is 2.36. The molecule has 102 valence electrons. The molecule has 0 spiro atoms. The molecule has 8 heteroatoms. The molecule has 2 rings (SSSR count). The van der Waals surface area contributed by atoms with Gasteiger partial charge in [-0.05, 0) is 20.2 Å². The molecule has 2 heterocycles. The standard InChI is InChI=1S/C11H14N4O2S2/c1-14(2)10(11-13-7(5-12)6-18-11)8-3-4-9(19-8)15(16)17/h3-4,6,10H,5,12H2,1-2H3. The lowest BCUT2D eigenvalue weighted by atomic mass is 10.2. The molecule has 1 unspecified atom stereocenters. The zero-order valence-electron chi connectivity index (χ0n) is 10.6. The van der Waals surface area contributed by atoms with Gasteiger partial charge in [0, 0.05) is 22.9 Å². The van der Waals surface area contributed by atoms with E-state index in [-0.39, 0.29) is 16.0 Å². The van der Waals surface area contributed by atoms with Crippen molar-refractivity contribution in [3.05, 3.63) is 43.2 Å². The number of nitro groups is 1. The van der Waals surface area contributed by atoms with E-state index in [9.17, 15) is 10.1 Å². The molecular formula is C11H14N4O2S2. The van der Waals surface area contributed by atoms with E-state index in [4.69, 9.17) is 5.73 Å². The van der Waals surface area contributed by atoms with Crippen molar-refractivity contribution in [3.8, 4) is 0 Å². The van der Waals surface area contributed by atoms with Crippen LogP contribution in [0.5, 0.6) is 0 Å². The highest BCUT2D eigenvalue weighted by Gasteiger charge is 2.24. The lowest BCUT2D eigenvalue weighted by Gasteiger charge is -2.20. The minimum Gasteiger partial charge on any atom is -0.325 e. The van der Waals surface area contributed by atoms with Crippen molar-refractivity contribution in [1.82, 2.24) is 9.88 Å². The first-order chi connectivity index (χ1) is 9.02. The number of hydrogen-bond acceptors (Lipinski definition) is 7. The first-order valence-corrected chi connectivity index (χ1v) is 7.27. The number of hydrogen-bond donors (Lipinski definition) is 1. The highest BCUT2D eigenvalue weighted by molar-refractivity contribution is 7.15. The van der Waals surface area contributed by atoms with Crippen LogP contribution >= 0.6 is 22.7 Å². The van der Waals surface area contributed by atoms with E-state index < -0.39 is 0 Å². The van der Waals surface area contributed by atoms with Gasteiger partial charge in [0.15, 0.2) is 0 Å². The summed E-state index contributed by atoms with van der Waals surface area (Å²) in [7, 11) is 3.86. The first-order valence-electron chi connectivity index (χ1n) is 5.58. The third-order valence-electron chi connectivity index (χ3n) is 2.59. The Labute approximate surface area is 118 Å². The van der Waals surface area contributed by atoms with Crippen LogP contribution in [-0.2, 0) is 6.54 Å². The Balaban J connectivity index is 2.36. The van der Waals surface area contributed by atoms with Gasteiger partial charge in [0.2, 0.25) is 0 Å². The van der Waals surface area contributed by atoms with Crippen LogP contribution in [0.3, 0.4) is 0 Å². The van der Waals surface area contributed by atoms with Crippen molar-refractivity contribution in [3.63, 3.8) is 0 Å². The molecule has 1 atom stereocenters. The summed E-state index contributed by atoms with van der Waals surface area (Å²) < 4.78 is 0. The average molecular weight is 298 g/mol. The molecule has 0 aliphatic heterocycles. The van der Waals surface area contributed by atoms with Gasteiger partial charge in [0.05, 0.1) is 16.7 Å². The predicted molar refractivity (Wildman–Crippen MR) is 76.5 cm³/mol. The van der Waals surface area contributed by atoms with E-state index in [0.29, 0.717) is 6.54 Å². The minimum absolute atomic E-state index is 0.0657. The van der Waals surface area contributed by atoms with E-state index >= 15 is 0 Å². The third kappa shape index (κ3) is 2.98. The summed E-state index contributed by atoms with van der Waals surface area (Å²) in [4.78, 5) is 17.8. The zero-order valence-corrected chi connectivity index (χ0v) is 12.2. The molecule has 2 N–H and O–H groups in total. The van der Waals surface area contributed by atoms with E-state index in [1.54, 1.807) is 6.07 Å². The molecule has 2 aromatic rings. The molecule has 0 fully saturated rings. The fraction of sp³-hybridized carbons (Fsp3) is 0.364. The molecule has 19 heavy (non-hydrogen) atoms. The summed E-state index contributed by atoms with van der Waals surface area (Å²) in [5.41, 5.74) is 6.41.